The standard InChI is InChI=1S/C32H60O5/c1-3-5-7-9-11-13-15-17-18-20-22-24-26-31(34)36-29-30(28-33)37-32(35)27-25-23-21-19-16-14-12-10-8-6-4-2/h10,12,30,33H,3-9,11,13-29H2,1-2H3/b12-10+/t30-/m0/s1. The van der Waals surface area contributed by atoms with E-state index in [0.29, 0.717) is 12.8 Å². The lowest BCUT2D eigenvalue weighted by Gasteiger charge is -2.15. The van der Waals surface area contributed by atoms with Gasteiger partial charge in [0.25, 0.3) is 0 Å². The normalized spacial score (nSPS) is 12.2. The third-order valence-corrected chi connectivity index (χ3v) is 6.81. The Balaban J connectivity index is 3.59. The van der Waals surface area contributed by atoms with Crippen LogP contribution < -0.4 is 0 Å². The van der Waals surface area contributed by atoms with Crippen LogP contribution in [0, 0.1) is 0 Å². The highest BCUT2D eigenvalue weighted by Gasteiger charge is 2.16. The molecule has 0 spiro atoms. The zero-order valence-corrected chi connectivity index (χ0v) is 24.5. The SMILES string of the molecule is CCCC/C=C/CCCCCCCC(=O)O[C@@H](CO)COC(=O)CCCCCCCCCCCCCC. The van der Waals surface area contributed by atoms with Crippen LogP contribution in [-0.2, 0) is 19.1 Å². The maximum atomic E-state index is 12.0. The fraction of sp³-hybridized carbons (Fsp3) is 0.875. The molecule has 0 saturated carbocycles. The van der Waals surface area contributed by atoms with Crippen LogP contribution >= 0.6 is 0 Å². The first-order chi connectivity index (χ1) is 18.1. The van der Waals surface area contributed by atoms with Crippen LogP contribution in [0.3, 0.4) is 0 Å². The zero-order valence-electron chi connectivity index (χ0n) is 24.5. The quantitative estimate of drug-likeness (QED) is 0.0628. The van der Waals surface area contributed by atoms with Gasteiger partial charge in [-0.3, -0.25) is 9.59 Å². The molecule has 0 rings (SSSR count). The third-order valence-electron chi connectivity index (χ3n) is 6.81. The number of ether oxygens (including phenoxy) is 2. The molecule has 1 N–H and O–H groups in total. The van der Waals surface area contributed by atoms with Crippen LogP contribution in [0.25, 0.3) is 0 Å². The predicted octanol–water partition coefficient (Wildman–Crippen LogP) is 9.00. The molecule has 5 heteroatoms. The molecule has 0 aliphatic carbocycles. The summed E-state index contributed by atoms with van der Waals surface area (Å²) in [7, 11) is 0. The number of carbonyl (C=O) groups excluding carboxylic acids is 2. The van der Waals surface area contributed by atoms with E-state index in [0.717, 1.165) is 44.9 Å². The van der Waals surface area contributed by atoms with E-state index in [9.17, 15) is 14.7 Å². The summed E-state index contributed by atoms with van der Waals surface area (Å²) in [5.41, 5.74) is 0. The molecule has 0 radical (unpaired) electrons. The molecule has 5 nitrogen and oxygen atoms in total. The van der Waals surface area contributed by atoms with E-state index in [1.165, 1.54) is 89.9 Å². The van der Waals surface area contributed by atoms with E-state index in [1.54, 1.807) is 0 Å². The molecule has 1 atom stereocenters. The second-order valence-electron chi connectivity index (χ2n) is 10.5. The van der Waals surface area contributed by atoms with Gasteiger partial charge < -0.3 is 14.6 Å². The van der Waals surface area contributed by atoms with E-state index < -0.39 is 6.10 Å². The van der Waals surface area contributed by atoms with Crippen molar-refractivity contribution < 1.29 is 24.2 Å². The van der Waals surface area contributed by atoms with Crippen molar-refractivity contribution >= 4 is 11.9 Å². The first-order valence-electron chi connectivity index (χ1n) is 15.7. The molecular formula is C32H60O5. The molecule has 0 aromatic carbocycles. The molecule has 0 aliphatic rings. The number of esters is 2. The number of allylic oxidation sites excluding steroid dienone is 2. The van der Waals surface area contributed by atoms with E-state index in [-0.39, 0.29) is 25.2 Å². The molecule has 0 amide bonds. The average Bonchev–Trinajstić information content (AvgIpc) is 2.90. The van der Waals surface area contributed by atoms with Gasteiger partial charge in [-0.15, -0.1) is 0 Å². The second kappa shape index (κ2) is 29.2. The van der Waals surface area contributed by atoms with Gasteiger partial charge in [0.1, 0.15) is 6.61 Å². The summed E-state index contributed by atoms with van der Waals surface area (Å²) in [6.07, 6.45) is 29.7. The first-order valence-corrected chi connectivity index (χ1v) is 15.7. The Kier molecular flexibility index (Phi) is 28.1. The first kappa shape index (κ1) is 35.6. The lowest BCUT2D eigenvalue weighted by atomic mass is 10.0. The Hall–Kier alpha value is -1.36. The fourth-order valence-electron chi connectivity index (χ4n) is 4.36. The summed E-state index contributed by atoms with van der Waals surface area (Å²) >= 11 is 0. The molecule has 0 aromatic rings. The van der Waals surface area contributed by atoms with Crippen LogP contribution in [0.5, 0.6) is 0 Å². The van der Waals surface area contributed by atoms with Crippen LogP contribution in [0.15, 0.2) is 12.2 Å². The topological polar surface area (TPSA) is 72.8 Å². The van der Waals surface area contributed by atoms with Crippen LogP contribution in [0.1, 0.15) is 162 Å². The fourth-order valence-corrected chi connectivity index (χ4v) is 4.36. The van der Waals surface area contributed by atoms with Gasteiger partial charge in [0.2, 0.25) is 0 Å². The highest BCUT2D eigenvalue weighted by molar-refractivity contribution is 5.70. The van der Waals surface area contributed by atoms with Crippen molar-refractivity contribution in [3.63, 3.8) is 0 Å². The Bertz CT molecular complexity index is 531. The molecular weight excluding hydrogens is 464 g/mol. The predicted molar refractivity (Wildman–Crippen MR) is 155 cm³/mol. The van der Waals surface area contributed by atoms with Crippen molar-refractivity contribution in [2.24, 2.45) is 0 Å². The van der Waals surface area contributed by atoms with Gasteiger partial charge in [-0.25, -0.2) is 0 Å². The minimum Gasteiger partial charge on any atom is -0.462 e. The van der Waals surface area contributed by atoms with Crippen molar-refractivity contribution in [1.82, 2.24) is 0 Å². The third kappa shape index (κ3) is 27.5. The van der Waals surface area contributed by atoms with Gasteiger partial charge in [0, 0.05) is 12.8 Å². The molecule has 37 heavy (non-hydrogen) atoms. The van der Waals surface area contributed by atoms with Gasteiger partial charge in [-0.2, -0.15) is 0 Å². The van der Waals surface area contributed by atoms with E-state index >= 15 is 0 Å². The van der Waals surface area contributed by atoms with Crippen molar-refractivity contribution in [2.45, 2.75) is 168 Å². The Morgan fingerprint density at radius 2 is 1.03 bits per heavy atom. The monoisotopic (exact) mass is 524 g/mol. The summed E-state index contributed by atoms with van der Waals surface area (Å²) in [6, 6.07) is 0. The van der Waals surface area contributed by atoms with Crippen LogP contribution in [-0.4, -0.2) is 36.4 Å². The Morgan fingerprint density at radius 3 is 1.54 bits per heavy atom. The summed E-state index contributed by atoms with van der Waals surface area (Å²) in [6.45, 7) is 4.07. The minimum atomic E-state index is -0.766. The highest BCUT2D eigenvalue weighted by atomic mass is 16.6. The van der Waals surface area contributed by atoms with Crippen LogP contribution in [0.2, 0.25) is 0 Å². The van der Waals surface area contributed by atoms with Crippen molar-refractivity contribution in [3.05, 3.63) is 12.2 Å². The number of aliphatic hydroxyl groups excluding tert-OH is 1. The number of hydrogen-bond acceptors (Lipinski definition) is 5. The Labute approximate surface area is 229 Å². The lowest BCUT2D eigenvalue weighted by molar-refractivity contribution is -0.161. The van der Waals surface area contributed by atoms with E-state index in [2.05, 4.69) is 26.0 Å². The number of rotatable bonds is 28. The largest absolute Gasteiger partial charge is 0.462 e. The number of carbonyl (C=O) groups is 2. The number of hydrogen-bond donors (Lipinski definition) is 1. The second-order valence-corrected chi connectivity index (χ2v) is 10.5. The summed E-state index contributed by atoms with van der Waals surface area (Å²) < 4.78 is 10.5. The summed E-state index contributed by atoms with van der Waals surface area (Å²) in [5, 5.41) is 9.46. The molecule has 0 heterocycles. The maximum absolute atomic E-state index is 12.0. The van der Waals surface area contributed by atoms with Gasteiger partial charge >= 0.3 is 11.9 Å². The van der Waals surface area contributed by atoms with Gasteiger partial charge in [-0.05, 0) is 32.1 Å². The van der Waals surface area contributed by atoms with Crippen molar-refractivity contribution in [1.29, 1.82) is 0 Å². The Morgan fingerprint density at radius 1 is 0.595 bits per heavy atom. The molecule has 218 valence electrons. The molecule has 0 aromatic heterocycles. The molecule has 0 fully saturated rings. The van der Waals surface area contributed by atoms with E-state index in [4.69, 9.17) is 9.47 Å². The minimum absolute atomic E-state index is 0.0644. The zero-order chi connectivity index (χ0) is 27.2. The molecule has 0 unspecified atom stereocenters. The molecule has 0 bridgehead atoms. The lowest BCUT2D eigenvalue weighted by Crippen LogP contribution is -2.28. The van der Waals surface area contributed by atoms with E-state index in [1.807, 2.05) is 0 Å². The van der Waals surface area contributed by atoms with Crippen molar-refractivity contribution in [2.75, 3.05) is 13.2 Å². The van der Waals surface area contributed by atoms with Crippen molar-refractivity contribution in [3.8, 4) is 0 Å². The summed E-state index contributed by atoms with van der Waals surface area (Å²) in [5.74, 6) is -0.600. The number of aliphatic hydroxyl groups is 1. The van der Waals surface area contributed by atoms with Gasteiger partial charge in [-0.1, -0.05) is 129 Å². The van der Waals surface area contributed by atoms with Gasteiger partial charge in [0.05, 0.1) is 6.61 Å². The average molecular weight is 525 g/mol. The van der Waals surface area contributed by atoms with Crippen LogP contribution in [0.4, 0.5) is 0 Å². The molecule has 0 aliphatic heterocycles. The molecule has 0 saturated heterocycles. The highest BCUT2D eigenvalue weighted by Crippen LogP contribution is 2.13. The number of unbranched alkanes of at least 4 members (excludes halogenated alkanes) is 18. The van der Waals surface area contributed by atoms with Gasteiger partial charge in [0.15, 0.2) is 6.10 Å². The summed E-state index contributed by atoms with van der Waals surface area (Å²) in [4.78, 5) is 24.0. The smallest absolute Gasteiger partial charge is 0.306 e. The maximum Gasteiger partial charge on any atom is 0.306 e.